The summed E-state index contributed by atoms with van der Waals surface area (Å²) in [5, 5.41) is 22.4. The van der Waals surface area contributed by atoms with Crippen LogP contribution in [0, 0.1) is 0 Å². The van der Waals surface area contributed by atoms with E-state index in [2.05, 4.69) is 312 Å². The molecule has 0 aliphatic heterocycles. The lowest BCUT2D eigenvalue weighted by Gasteiger charge is -2.33. The van der Waals surface area contributed by atoms with Crippen molar-refractivity contribution in [1.29, 1.82) is 0 Å². The van der Waals surface area contributed by atoms with Crippen LogP contribution >= 0.6 is 68.0 Å². The summed E-state index contributed by atoms with van der Waals surface area (Å²) >= 11 is 11.4. The maximum absolute atomic E-state index is 2.67. The van der Waals surface area contributed by atoms with E-state index in [4.69, 9.17) is 0 Å². The van der Waals surface area contributed by atoms with Gasteiger partial charge in [0, 0.05) is 114 Å². The van der Waals surface area contributed by atoms with Gasteiger partial charge in [-0.25, -0.2) is 0 Å². The molecular formula is C88H49N3S6. The third kappa shape index (κ3) is 7.86. The Morgan fingerprint density at radius 3 is 0.670 bits per heavy atom. The van der Waals surface area contributed by atoms with Crippen LogP contribution in [0.3, 0.4) is 0 Å². The lowest BCUT2D eigenvalue weighted by Crippen LogP contribution is -2.15. The largest absolute Gasteiger partial charge is 0.307 e. The van der Waals surface area contributed by atoms with Gasteiger partial charge >= 0.3 is 0 Å². The lowest BCUT2D eigenvalue weighted by molar-refractivity contribution is 1.31. The highest BCUT2D eigenvalue weighted by molar-refractivity contribution is 7.28. The molecule has 6 aromatic heterocycles. The van der Waals surface area contributed by atoms with Crippen LogP contribution in [-0.2, 0) is 0 Å². The fraction of sp³-hybridized carbons (Fsp3) is 0. The standard InChI is InChI=1S/C88H49N3S6/c1-7-37-75-51(19-1)57-25-13-31-67(83(57)92-75)89(68-32-14-26-58-52-20-2-8-38-76(52)93-84(58)68)66-48-44-50-43-45-64-73(90(69-33-15-27-59-53-21-3-9-39-77(53)94-85(59)69)70-34-16-28-60-54-22-4-10-40-78(54)95-86(60)70)49-74(65-47-46-63(66)81(50)82(64)65)91(71-35-17-29-61-55-23-5-11-41-79(55)96-87(61)71)72-36-18-30-62-56-24-6-12-42-80(56)97-88(62)72/h1-49H. The average molecular weight is 1340 g/mol. The molecule has 0 aliphatic rings. The van der Waals surface area contributed by atoms with Crippen LogP contribution in [0.2, 0.25) is 0 Å². The average Bonchev–Trinajstić information content (AvgIpc) is 0.748. The molecule has 0 atom stereocenters. The van der Waals surface area contributed by atoms with Crippen LogP contribution in [0.1, 0.15) is 0 Å². The van der Waals surface area contributed by atoms with E-state index < -0.39 is 0 Å². The molecule has 97 heavy (non-hydrogen) atoms. The van der Waals surface area contributed by atoms with E-state index in [-0.39, 0.29) is 0 Å². The molecule has 452 valence electrons. The van der Waals surface area contributed by atoms with Crippen LogP contribution in [0.5, 0.6) is 0 Å². The molecule has 0 saturated carbocycles. The number of thiophene rings is 6. The van der Waals surface area contributed by atoms with Crippen molar-refractivity contribution in [2.24, 2.45) is 0 Å². The number of hydrogen-bond acceptors (Lipinski definition) is 9. The Balaban J connectivity index is 0.920. The van der Waals surface area contributed by atoms with E-state index in [1.54, 1.807) is 0 Å². The number of nitrogens with zero attached hydrogens (tertiary/aromatic N) is 3. The summed E-state index contributed by atoms with van der Waals surface area (Å²) in [5.74, 6) is 0. The molecule has 22 rings (SSSR count). The van der Waals surface area contributed by atoms with Gasteiger partial charge in [0.15, 0.2) is 0 Å². The molecular weight excluding hydrogens is 1290 g/mol. The number of hydrogen-bond donors (Lipinski definition) is 0. The second-order valence-electron chi connectivity index (χ2n) is 25.3. The highest BCUT2D eigenvalue weighted by Gasteiger charge is 2.32. The molecule has 0 amide bonds. The van der Waals surface area contributed by atoms with Gasteiger partial charge in [-0.1, -0.05) is 212 Å². The van der Waals surface area contributed by atoms with Crippen LogP contribution in [0.25, 0.3) is 153 Å². The summed E-state index contributed by atoms with van der Waals surface area (Å²) in [6, 6.07) is 113. The Morgan fingerprint density at radius 2 is 0.381 bits per heavy atom. The monoisotopic (exact) mass is 1340 g/mol. The van der Waals surface area contributed by atoms with Gasteiger partial charge in [-0.2, -0.15) is 0 Å². The van der Waals surface area contributed by atoms with Crippen LogP contribution < -0.4 is 14.7 Å². The van der Waals surface area contributed by atoms with Crippen molar-refractivity contribution < 1.29 is 0 Å². The van der Waals surface area contributed by atoms with Crippen molar-refractivity contribution >= 4 is 273 Å². The second-order valence-corrected chi connectivity index (χ2v) is 31.6. The Labute approximate surface area is 579 Å². The fourth-order valence-corrected chi connectivity index (χ4v) is 23.3. The third-order valence-electron chi connectivity index (χ3n) is 20.2. The first kappa shape index (κ1) is 54.5. The minimum atomic E-state index is 1.11. The molecule has 0 fully saturated rings. The minimum absolute atomic E-state index is 1.11. The van der Waals surface area contributed by atoms with Gasteiger partial charge in [0.05, 0.1) is 79.4 Å². The van der Waals surface area contributed by atoms with Crippen LogP contribution in [-0.4, -0.2) is 0 Å². The molecule has 0 radical (unpaired) electrons. The Kier molecular flexibility index (Phi) is 11.7. The number of fused-ring (bicyclic) bond motifs is 18. The minimum Gasteiger partial charge on any atom is -0.307 e. The molecule has 0 N–H and O–H groups in total. The van der Waals surface area contributed by atoms with Crippen molar-refractivity contribution in [3.8, 4) is 0 Å². The summed E-state index contributed by atoms with van der Waals surface area (Å²) in [4.78, 5) is 7.96. The molecule has 0 saturated heterocycles. The molecule has 22 aromatic rings. The number of anilines is 9. The number of rotatable bonds is 9. The Hall–Kier alpha value is -10.7. The van der Waals surface area contributed by atoms with E-state index in [1.165, 1.54) is 153 Å². The van der Waals surface area contributed by atoms with E-state index in [0.29, 0.717) is 0 Å². The Bertz CT molecular complexity index is 6480. The molecule has 9 heteroatoms. The van der Waals surface area contributed by atoms with Gasteiger partial charge in [0.25, 0.3) is 0 Å². The SMILES string of the molecule is c1ccc2c(c1)sc1c(N(c3ccc4ccc5c(N(c6cccc7c6sc6ccccc67)c6cccc7c6sc6ccccc67)cc(N(c6cccc7c6sc6ccccc67)c6cccc7c6sc6ccccc67)c6ccc3c4c56)c3cccc4c3sc3ccccc34)cccc12. The van der Waals surface area contributed by atoms with E-state index in [1.807, 2.05) is 68.0 Å². The molecule has 0 aliphatic carbocycles. The first-order valence-corrected chi connectivity index (χ1v) is 37.6. The molecule has 0 unspecified atom stereocenters. The van der Waals surface area contributed by atoms with Crippen molar-refractivity contribution in [2.45, 2.75) is 0 Å². The van der Waals surface area contributed by atoms with Crippen molar-refractivity contribution in [2.75, 3.05) is 14.7 Å². The van der Waals surface area contributed by atoms with Gasteiger partial charge in [-0.3, -0.25) is 0 Å². The molecule has 16 aromatic carbocycles. The van der Waals surface area contributed by atoms with Crippen molar-refractivity contribution in [3.63, 3.8) is 0 Å². The molecule has 0 spiro atoms. The van der Waals surface area contributed by atoms with Gasteiger partial charge in [-0.05, 0) is 95.7 Å². The van der Waals surface area contributed by atoms with Crippen molar-refractivity contribution in [3.05, 3.63) is 297 Å². The normalized spacial score (nSPS) is 12.3. The molecule has 0 bridgehead atoms. The summed E-state index contributed by atoms with van der Waals surface area (Å²) in [5.41, 5.74) is 10.3. The van der Waals surface area contributed by atoms with Gasteiger partial charge in [0.2, 0.25) is 0 Å². The zero-order valence-electron chi connectivity index (χ0n) is 51.6. The van der Waals surface area contributed by atoms with Crippen LogP contribution in [0.15, 0.2) is 297 Å². The Morgan fingerprint density at radius 1 is 0.155 bits per heavy atom. The van der Waals surface area contributed by atoms with Gasteiger partial charge in [0.1, 0.15) is 0 Å². The van der Waals surface area contributed by atoms with Gasteiger partial charge in [-0.15, -0.1) is 68.0 Å². The van der Waals surface area contributed by atoms with E-state index in [9.17, 15) is 0 Å². The van der Waals surface area contributed by atoms with Crippen LogP contribution in [0.4, 0.5) is 51.2 Å². The summed E-state index contributed by atoms with van der Waals surface area (Å²) in [6.45, 7) is 0. The molecule has 3 nitrogen and oxygen atoms in total. The first-order valence-electron chi connectivity index (χ1n) is 32.7. The highest BCUT2D eigenvalue weighted by Crippen LogP contribution is 2.59. The lowest BCUT2D eigenvalue weighted by atomic mass is 9.90. The summed E-state index contributed by atoms with van der Waals surface area (Å²) in [7, 11) is 0. The summed E-state index contributed by atoms with van der Waals surface area (Å²) in [6.07, 6.45) is 0. The highest BCUT2D eigenvalue weighted by atomic mass is 32.1. The predicted octanol–water partition coefficient (Wildman–Crippen LogP) is 29.2. The second kappa shape index (κ2) is 20.9. The first-order chi connectivity index (χ1) is 48.1. The topological polar surface area (TPSA) is 9.72 Å². The molecule has 6 heterocycles. The maximum Gasteiger partial charge on any atom is 0.0641 e. The zero-order chi connectivity index (χ0) is 63.1. The quantitative estimate of drug-likeness (QED) is 0.133. The van der Waals surface area contributed by atoms with Crippen molar-refractivity contribution in [1.82, 2.24) is 0 Å². The smallest absolute Gasteiger partial charge is 0.0641 e. The fourth-order valence-electron chi connectivity index (χ4n) is 16.0. The van der Waals surface area contributed by atoms with E-state index in [0.717, 1.165) is 51.2 Å². The predicted molar refractivity (Wildman–Crippen MR) is 432 cm³/mol. The summed E-state index contributed by atoms with van der Waals surface area (Å²) < 4.78 is 15.2. The zero-order valence-corrected chi connectivity index (χ0v) is 56.5. The number of benzene rings is 16. The van der Waals surface area contributed by atoms with Gasteiger partial charge < -0.3 is 14.7 Å². The maximum atomic E-state index is 2.67. The van der Waals surface area contributed by atoms with E-state index >= 15 is 0 Å². The third-order valence-corrected chi connectivity index (χ3v) is 27.4.